The third kappa shape index (κ3) is 3.74. The molecule has 3 heteroatoms. The highest BCUT2D eigenvalue weighted by molar-refractivity contribution is 5.52. The maximum atomic E-state index is 9.25. The van der Waals surface area contributed by atoms with Crippen molar-refractivity contribution in [1.82, 2.24) is 9.80 Å². The first-order chi connectivity index (χ1) is 7.04. The fourth-order valence-corrected chi connectivity index (χ4v) is 1.76. The third-order valence-electron chi connectivity index (χ3n) is 2.39. The van der Waals surface area contributed by atoms with Crippen molar-refractivity contribution in [2.24, 2.45) is 0 Å². The van der Waals surface area contributed by atoms with E-state index >= 15 is 0 Å². The Morgan fingerprint density at radius 3 is 1.93 bits per heavy atom. The largest absolute Gasteiger partial charge is 0.396 e. The average molecular weight is 209 g/mol. The normalized spacial score (nSPS) is 21.0. The maximum absolute atomic E-state index is 9.25. The Morgan fingerprint density at radius 1 is 0.933 bits per heavy atom. The predicted molar refractivity (Wildman–Crippen MR) is 62.5 cm³/mol. The molecule has 0 heterocycles. The second-order valence-corrected chi connectivity index (χ2v) is 4.50. The highest BCUT2D eigenvalue weighted by Crippen LogP contribution is 2.40. The van der Waals surface area contributed by atoms with Crippen molar-refractivity contribution < 1.29 is 5.11 Å². The minimum Gasteiger partial charge on any atom is -0.396 e. The monoisotopic (exact) mass is 209 g/mol. The summed E-state index contributed by atoms with van der Waals surface area (Å²) in [6.45, 7) is 1.96. The fraction of sp³-hybridized carbons (Fsp3) is 0.583. The van der Waals surface area contributed by atoms with Crippen LogP contribution in [0.1, 0.15) is 0 Å². The SMILES string of the molecule is CN(C)C[C]1[CH][CH][C](CO)[C]1CN(C)C. The molecule has 85 valence electrons. The van der Waals surface area contributed by atoms with Gasteiger partial charge in [0.05, 0.1) is 6.61 Å². The summed E-state index contributed by atoms with van der Waals surface area (Å²) < 4.78 is 0. The molecule has 1 rings (SSSR count). The number of aliphatic hydroxyl groups is 1. The van der Waals surface area contributed by atoms with Gasteiger partial charge in [-0.2, -0.15) is 0 Å². The first-order valence-electron chi connectivity index (χ1n) is 5.21. The molecule has 1 aliphatic rings. The van der Waals surface area contributed by atoms with Gasteiger partial charge in [-0.3, -0.25) is 0 Å². The topological polar surface area (TPSA) is 26.7 Å². The van der Waals surface area contributed by atoms with E-state index in [0.717, 1.165) is 19.0 Å². The van der Waals surface area contributed by atoms with Gasteiger partial charge in [-0.05, 0) is 41.0 Å². The lowest BCUT2D eigenvalue weighted by Gasteiger charge is -2.27. The van der Waals surface area contributed by atoms with E-state index in [9.17, 15) is 5.11 Å². The number of hydrogen-bond donors (Lipinski definition) is 1. The molecule has 5 radical (unpaired) electrons. The molecule has 1 fully saturated rings. The van der Waals surface area contributed by atoms with Gasteiger partial charge >= 0.3 is 0 Å². The van der Waals surface area contributed by atoms with E-state index in [1.807, 2.05) is 20.5 Å². The number of rotatable bonds is 5. The van der Waals surface area contributed by atoms with Gasteiger partial charge in [-0.15, -0.1) is 0 Å². The zero-order valence-corrected chi connectivity index (χ0v) is 10.1. The van der Waals surface area contributed by atoms with Crippen molar-refractivity contribution >= 4 is 0 Å². The van der Waals surface area contributed by atoms with E-state index < -0.39 is 0 Å². The van der Waals surface area contributed by atoms with Crippen molar-refractivity contribution in [2.45, 2.75) is 0 Å². The molecule has 0 aromatic heterocycles. The van der Waals surface area contributed by atoms with Gasteiger partial charge in [-0.25, -0.2) is 0 Å². The van der Waals surface area contributed by atoms with Gasteiger partial charge in [-0.1, -0.05) is 0 Å². The van der Waals surface area contributed by atoms with E-state index in [1.54, 1.807) is 0 Å². The van der Waals surface area contributed by atoms with E-state index in [1.165, 1.54) is 11.8 Å². The summed E-state index contributed by atoms with van der Waals surface area (Å²) in [5.41, 5.74) is 0. The zero-order valence-electron chi connectivity index (χ0n) is 10.1. The minimum atomic E-state index is 0.136. The summed E-state index contributed by atoms with van der Waals surface area (Å²) in [7, 11) is 8.22. The number of aliphatic hydroxyl groups excluding tert-OH is 1. The quantitative estimate of drug-likeness (QED) is 0.703. The average Bonchev–Trinajstić information content (AvgIpc) is 2.47. The predicted octanol–water partition coefficient (Wildman–Crippen LogP) is 0.248. The fourth-order valence-electron chi connectivity index (χ4n) is 1.76. The van der Waals surface area contributed by atoms with Crippen LogP contribution in [0.25, 0.3) is 0 Å². The van der Waals surface area contributed by atoms with Crippen LogP contribution in [-0.4, -0.2) is 62.8 Å². The second kappa shape index (κ2) is 5.83. The van der Waals surface area contributed by atoms with Crippen LogP contribution in [0.4, 0.5) is 0 Å². The Kier molecular flexibility index (Phi) is 5.03. The molecule has 3 nitrogen and oxygen atoms in total. The number of hydrogen-bond acceptors (Lipinski definition) is 3. The van der Waals surface area contributed by atoms with Crippen LogP contribution in [0.3, 0.4) is 0 Å². The van der Waals surface area contributed by atoms with Crippen LogP contribution in [-0.2, 0) is 0 Å². The molecular formula is C12H21N2O. The molecule has 0 aromatic carbocycles. The second-order valence-electron chi connectivity index (χ2n) is 4.50. The van der Waals surface area contributed by atoms with Crippen molar-refractivity contribution in [3.63, 3.8) is 0 Å². The maximum Gasteiger partial charge on any atom is 0.0503 e. The molecule has 1 saturated carbocycles. The lowest BCUT2D eigenvalue weighted by molar-refractivity contribution is 0.306. The van der Waals surface area contributed by atoms with Crippen LogP contribution >= 0.6 is 0 Å². The Morgan fingerprint density at radius 2 is 1.47 bits per heavy atom. The molecule has 1 N–H and O–H groups in total. The highest BCUT2D eigenvalue weighted by Gasteiger charge is 2.37. The van der Waals surface area contributed by atoms with Crippen LogP contribution in [0.5, 0.6) is 0 Å². The molecular weight excluding hydrogens is 188 g/mol. The van der Waals surface area contributed by atoms with E-state index in [0.29, 0.717) is 0 Å². The Labute approximate surface area is 94.1 Å². The van der Waals surface area contributed by atoms with Gasteiger partial charge < -0.3 is 14.9 Å². The Bertz CT molecular complexity index is 182. The third-order valence-corrected chi connectivity index (χ3v) is 2.39. The summed E-state index contributed by atoms with van der Waals surface area (Å²) in [6.07, 6.45) is 4.14. The summed E-state index contributed by atoms with van der Waals surface area (Å²) in [5.74, 6) is 3.65. The molecule has 0 aliphatic heterocycles. The first kappa shape index (κ1) is 12.9. The van der Waals surface area contributed by atoms with Gasteiger partial charge in [0, 0.05) is 30.8 Å². The zero-order chi connectivity index (χ0) is 11.4. The standard InChI is InChI=1S/C12H21N2O/c1-13(2)7-10-5-6-11(9-15)12(10)8-14(3)4/h5-6,15H,7-9H2,1-4H3. The molecule has 0 spiro atoms. The van der Waals surface area contributed by atoms with Crippen LogP contribution in [0.2, 0.25) is 0 Å². The van der Waals surface area contributed by atoms with Crippen LogP contribution in [0.15, 0.2) is 0 Å². The van der Waals surface area contributed by atoms with Gasteiger partial charge in [0.25, 0.3) is 0 Å². The van der Waals surface area contributed by atoms with E-state index in [2.05, 4.69) is 30.3 Å². The molecule has 0 amide bonds. The van der Waals surface area contributed by atoms with E-state index in [4.69, 9.17) is 0 Å². The highest BCUT2D eigenvalue weighted by atomic mass is 16.3. The molecule has 15 heavy (non-hydrogen) atoms. The first-order valence-corrected chi connectivity index (χ1v) is 5.21. The van der Waals surface area contributed by atoms with Crippen LogP contribution < -0.4 is 0 Å². The van der Waals surface area contributed by atoms with Gasteiger partial charge in [0.15, 0.2) is 0 Å². The molecule has 0 saturated heterocycles. The molecule has 0 atom stereocenters. The Hall–Kier alpha value is -0.120. The van der Waals surface area contributed by atoms with Crippen LogP contribution in [0, 0.1) is 30.6 Å². The van der Waals surface area contributed by atoms with Gasteiger partial charge in [0.1, 0.15) is 0 Å². The lowest BCUT2D eigenvalue weighted by Crippen LogP contribution is -2.31. The molecule has 0 bridgehead atoms. The van der Waals surface area contributed by atoms with E-state index in [-0.39, 0.29) is 6.61 Å². The Balaban J connectivity index is 2.54. The summed E-state index contributed by atoms with van der Waals surface area (Å²) in [5, 5.41) is 9.25. The molecule has 0 aromatic rings. The lowest BCUT2D eigenvalue weighted by atomic mass is 9.89. The van der Waals surface area contributed by atoms with Crippen molar-refractivity contribution in [1.29, 1.82) is 0 Å². The molecule has 0 unspecified atom stereocenters. The summed E-state index contributed by atoms with van der Waals surface area (Å²) in [6, 6.07) is 0. The summed E-state index contributed by atoms with van der Waals surface area (Å²) in [4.78, 5) is 4.28. The smallest absolute Gasteiger partial charge is 0.0503 e. The van der Waals surface area contributed by atoms with Crippen molar-refractivity contribution in [3.05, 3.63) is 30.6 Å². The number of nitrogens with zero attached hydrogens (tertiary/aromatic N) is 2. The van der Waals surface area contributed by atoms with Gasteiger partial charge in [0.2, 0.25) is 0 Å². The summed E-state index contributed by atoms with van der Waals surface area (Å²) >= 11 is 0. The minimum absolute atomic E-state index is 0.136. The van der Waals surface area contributed by atoms with Crippen molar-refractivity contribution in [2.75, 3.05) is 47.9 Å². The van der Waals surface area contributed by atoms with Crippen molar-refractivity contribution in [3.8, 4) is 0 Å². The molecule has 1 aliphatic carbocycles.